The first kappa shape index (κ1) is 22.5. The molecule has 0 unspecified atom stereocenters. The molecule has 4 rings (SSSR count). The van der Waals surface area contributed by atoms with E-state index >= 15 is 0 Å². The van der Waals surface area contributed by atoms with Gasteiger partial charge in [0, 0.05) is 25.7 Å². The van der Waals surface area contributed by atoms with Crippen molar-refractivity contribution in [2.45, 2.75) is 97.4 Å². The molecule has 0 aromatic carbocycles. The van der Waals surface area contributed by atoms with Crippen LogP contribution in [0.5, 0.6) is 0 Å². The maximum atomic E-state index is 12.7. The van der Waals surface area contributed by atoms with Gasteiger partial charge in [0.15, 0.2) is 11.4 Å². The number of hydrogen-bond acceptors (Lipinski definition) is 6. The summed E-state index contributed by atoms with van der Waals surface area (Å²) in [7, 11) is 0. The first-order chi connectivity index (χ1) is 14.4. The Bertz CT molecular complexity index is 832. The van der Waals surface area contributed by atoms with Gasteiger partial charge in [0.25, 0.3) is 0 Å². The second-order valence-electron chi connectivity index (χ2n) is 10.8. The Hall–Kier alpha value is -1.69. The molecule has 3 saturated carbocycles. The minimum atomic E-state index is -1.63. The van der Waals surface area contributed by atoms with E-state index in [0.29, 0.717) is 18.3 Å². The van der Waals surface area contributed by atoms with E-state index < -0.39 is 23.1 Å². The molecule has 0 aliphatic heterocycles. The third-order valence-corrected chi connectivity index (χ3v) is 9.43. The maximum absolute atomic E-state index is 12.7. The monoisotopic (exact) mass is 432 g/mol. The van der Waals surface area contributed by atoms with Crippen LogP contribution in [0.1, 0.15) is 79.6 Å². The van der Waals surface area contributed by atoms with Crippen LogP contribution in [0.2, 0.25) is 0 Å². The van der Waals surface area contributed by atoms with Crippen LogP contribution in [0.3, 0.4) is 0 Å². The molecule has 4 aliphatic rings. The average Bonchev–Trinajstić information content (AvgIpc) is 2.90. The minimum Gasteiger partial charge on any atom is -0.462 e. The summed E-state index contributed by atoms with van der Waals surface area (Å²) in [6, 6.07) is 0. The molecule has 4 aliphatic carbocycles. The van der Waals surface area contributed by atoms with Crippen LogP contribution in [0, 0.1) is 28.6 Å². The van der Waals surface area contributed by atoms with Gasteiger partial charge in [-0.2, -0.15) is 0 Å². The lowest BCUT2D eigenvalue weighted by Crippen LogP contribution is -2.60. The SMILES string of the molecule is CC(=O)O[C@H]1CC[C@@]2(C)C(=CC[C@H]3[C@H]2CC[C@@]2(C)[C@@H]3C[C@H](OC(C)=O)[C@@]2(O)C(C)=O)C1. The van der Waals surface area contributed by atoms with Gasteiger partial charge in [-0.25, -0.2) is 0 Å². The van der Waals surface area contributed by atoms with Gasteiger partial charge in [0.2, 0.25) is 0 Å². The number of fused-ring (bicyclic) bond motifs is 5. The third kappa shape index (κ3) is 3.20. The van der Waals surface area contributed by atoms with Crippen molar-refractivity contribution in [2.24, 2.45) is 28.6 Å². The first-order valence-electron chi connectivity index (χ1n) is 11.7. The molecule has 0 bridgehead atoms. The molecule has 8 atom stereocenters. The molecule has 6 heteroatoms. The van der Waals surface area contributed by atoms with Crippen molar-refractivity contribution in [1.29, 1.82) is 0 Å². The van der Waals surface area contributed by atoms with E-state index in [1.165, 1.54) is 26.3 Å². The largest absolute Gasteiger partial charge is 0.462 e. The molecule has 3 fully saturated rings. The highest BCUT2D eigenvalue weighted by atomic mass is 16.6. The zero-order valence-corrected chi connectivity index (χ0v) is 19.4. The van der Waals surface area contributed by atoms with Crippen LogP contribution in [0.4, 0.5) is 0 Å². The van der Waals surface area contributed by atoms with E-state index in [9.17, 15) is 19.5 Å². The fourth-order valence-corrected chi connectivity index (χ4v) is 7.92. The summed E-state index contributed by atoms with van der Waals surface area (Å²) in [5.74, 6) is -0.0691. The predicted molar refractivity (Wildman–Crippen MR) is 114 cm³/mol. The number of ether oxygens (including phenoxy) is 2. The topological polar surface area (TPSA) is 89.9 Å². The van der Waals surface area contributed by atoms with Crippen molar-refractivity contribution in [3.8, 4) is 0 Å². The van der Waals surface area contributed by atoms with Crippen molar-refractivity contribution in [1.82, 2.24) is 0 Å². The van der Waals surface area contributed by atoms with Crippen LogP contribution >= 0.6 is 0 Å². The quantitative estimate of drug-likeness (QED) is 0.540. The Kier molecular flexibility index (Phi) is 5.39. The Morgan fingerprint density at radius 2 is 1.68 bits per heavy atom. The molecule has 0 spiro atoms. The van der Waals surface area contributed by atoms with Crippen molar-refractivity contribution in [3.05, 3.63) is 11.6 Å². The highest BCUT2D eigenvalue weighted by Crippen LogP contribution is 2.67. The van der Waals surface area contributed by atoms with Gasteiger partial charge in [-0.1, -0.05) is 25.5 Å². The molecule has 31 heavy (non-hydrogen) atoms. The Morgan fingerprint density at radius 3 is 2.29 bits per heavy atom. The lowest BCUT2D eigenvalue weighted by Gasteiger charge is -2.58. The van der Waals surface area contributed by atoms with E-state index in [-0.39, 0.29) is 29.2 Å². The van der Waals surface area contributed by atoms with E-state index in [4.69, 9.17) is 9.47 Å². The Labute approximate surface area is 184 Å². The van der Waals surface area contributed by atoms with Gasteiger partial charge in [-0.3, -0.25) is 14.4 Å². The van der Waals surface area contributed by atoms with Gasteiger partial charge in [-0.05, 0) is 68.6 Å². The van der Waals surface area contributed by atoms with E-state index in [2.05, 4.69) is 13.0 Å². The zero-order valence-electron chi connectivity index (χ0n) is 19.4. The normalized spacial score (nSPS) is 46.1. The lowest BCUT2D eigenvalue weighted by molar-refractivity contribution is -0.184. The molecule has 0 radical (unpaired) electrons. The summed E-state index contributed by atoms with van der Waals surface area (Å²) in [6.45, 7) is 8.60. The predicted octanol–water partition coefficient (Wildman–Crippen LogP) is 3.74. The second kappa shape index (κ2) is 7.43. The number of Topliss-reactive ketones (excluding diaryl/α,β-unsaturated/α-hetero) is 1. The number of carbonyl (C=O) groups excluding carboxylic acids is 3. The highest BCUT2D eigenvalue weighted by Gasteiger charge is 2.70. The number of aliphatic hydroxyl groups is 1. The van der Waals surface area contributed by atoms with Gasteiger partial charge < -0.3 is 14.6 Å². The first-order valence-corrected chi connectivity index (χ1v) is 11.7. The van der Waals surface area contributed by atoms with Gasteiger partial charge >= 0.3 is 11.9 Å². The van der Waals surface area contributed by atoms with E-state index in [1.54, 1.807) is 0 Å². The van der Waals surface area contributed by atoms with Crippen molar-refractivity contribution < 1.29 is 29.0 Å². The molecular formula is C25H36O6. The summed E-state index contributed by atoms with van der Waals surface area (Å²) in [5.41, 5.74) is -0.788. The standard InChI is InChI=1S/C25H36O6/c1-14(26)25(29)22(31-16(3)28)13-21-19-7-6-17-12-18(30-15(2)27)8-10-23(17,4)20(19)9-11-24(21,25)5/h6,18-22,29H,7-13H2,1-5H3/t18-,19-,20+,21+,22-,23-,24-,25-/m0/s1. The Morgan fingerprint density at radius 1 is 1.00 bits per heavy atom. The van der Waals surface area contributed by atoms with Crippen molar-refractivity contribution in [3.63, 3.8) is 0 Å². The molecular weight excluding hydrogens is 396 g/mol. The molecule has 1 N–H and O–H groups in total. The molecule has 0 aromatic heterocycles. The van der Waals surface area contributed by atoms with E-state index in [1.807, 2.05) is 6.92 Å². The fourth-order valence-electron chi connectivity index (χ4n) is 7.92. The fraction of sp³-hybridized carbons (Fsp3) is 0.800. The highest BCUT2D eigenvalue weighted by molar-refractivity contribution is 5.87. The van der Waals surface area contributed by atoms with E-state index in [0.717, 1.165) is 38.5 Å². The third-order valence-electron chi connectivity index (χ3n) is 9.43. The number of rotatable bonds is 3. The molecule has 6 nitrogen and oxygen atoms in total. The smallest absolute Gasteiger partial charge is 0.303 e. The average molecular weight is 433 g/mol. The summed E-state index contributed by atoms with van der Waals surface area (Å²) in [4.78, 5) is 35.9. The van der Waals surface area contributed by atoms with Crippen LogP contribution in [0.25, 0.3) is 0 Å². The van der Waals surface area contributed by atoms with Crippen molar-refractivity contribution >= 4 is 17.7 Å². The van der Waals surface area contributed by atoms with Gasteiger partial charge in [-0.15, -0.1) is 0 Å². The number of esters is 2. The summed E-state index contributed by atoms with van der Waals surface area (Å²) in [5, 5.41) is 11.6. The van der Waals surface area contributed by atoms with Crippen LogP contribution < -0.4 is 0 Å². The van der Waals surface area contributed by atoms with Crippen molar-refractivity contribution in [2.75, 3.05) is 0 Å². The molecule has 0 amide bonds. The molecule has 0 saturated heterocycles. The number of allylic oxidation sites excluding steroid dienone is 1. The van der Waals surface area contributed by atoms with Crippen LogP contribution in [0.15, 0.2) is 11.6 Å². The lowest BCUT2D eigenvalue weighted by atomic mass is 9.46. The molecule has 0 aromatic rings. The molecule has 0 heterocycles. The maximum Gasteiger partial charge on any atom is 0.303 e. The van der Waals surface area contributed by atoms with Crippen LogP contribution in [-0.4, -0.2) is 40.6 Å². The number of ketones is 1. The number of hydrogen-bond donors (Lipinski definition) is 1. The molecule has 172 valence electrons. The van der Waals surface area contributed by atoms with Crippen LogP contribution in [-0.2, 0) is 23.9 Å². The summed E-state index contributed by atoms with van der Waals surface area (Å²) >= 11 is 0. The summed E-state index contributed by atoms with van der Waals surface area (Å²) in [6.07, 6.45) is 7.25. The van der Waals surface area contributed by atoms with Gasteiger partial charge in [0.05, 0.1) is 0 Å². The number of carbonyl (C=O) groups is 3. The summed E-state index contributed by atoms with van der Waals surface area (Å²) < 4.78 is 11.0. The zero-order chi connectivity index (χ0) is 22.8. The Balaban J connectivity index is 1.65. The minimum absolute atomic E-state index is 0.0372. The van der Waals surface area contributed by atoms with Gasteiger partial charge in [0.1, 0.15) is 12.2 Å². The second-order valence-corrected chi connectivity index (χ2v) is 10.8.